The number of fused-ring (bicyclic) bond motifs is 1. The number of esters is 1. The topological polar surface area (TPSA) is 149 Å². The molecule has 0 bridgehead atoms. The van der Waals surface area contributed by atoms with Crippen molar-refractivity contribution in [2.75, 3.05) is 27.4 Å². The summed E-state index contributed by atoms with van der Waals surface area (Å²) in [6.07, 6.45) is 0.362. The van der Waals surface area contributed by atoms with Gasteiger partial charge in [-0.1, -0.05) is 42.5 Å². The number of carbonyl (C=O) groups is 2. The van der Waals surface area contributed by atoms with Crippen LogP contribution < -0.4 is 35.0 Å². The number of benzene rings is 4. The molecule has 4 aromatic carbocycles. The normalized spacial score (nSPS) is 15.0. The van der Waals surface area contributed by atoms with Gasteiger partial charge in [0, 0.05) is 15.7 Å². The number of allylic oxidation sites excluding steroid dienone is 1. The van der Waals surface area contributed by atoms with Crippen LogP contribution >= 0.6 is 15.9 Å². The highest BCUT2D eigenvalue weighted by Gasteiger charge is 2.32. The average Bonchev–Trinajstić information content (AvgIpc) is 3.10. The van der Waals surface area contributed by atoms with Gasteiger partial charge in [0.25, 0.3) is 0 Å². The predicted molar refractivity (Wildman–Crippen MR) is 188 cm³/mol. The Morgan fingerprint density at radius 1 is 0.980 bits per heavy atom. The van der Waals surface area contributed by atoms with Crippen molar-refractivity contribution in [1.29, 1.82) is 0 Å². The summed E-state index contributed by atoms with van der Waals surface area (Å²) in [5.41, 5.74) is 5.60. The van der Waals surface area contributed by atoms with Gasteiger partial charge in [0.1, 0.15) is 13.2 Å². The lowest BCUT2D eigenvalue weighted by atomic mass is 9.95. The van der Waals surface area contributed by atoms with E-state index >= 15 is 0 Å². The number of carbonyl (C=O) groups excluding carboxylic acids is 2. The molecule has 0 aromatic heterocycles. The van der Waals surface area contributed by atoms with Crippen molar-refractivity contribution in [3.05, 3.63) is 105 Å². The third-order valence-corrected chi connectivity index (χ3v) is 8.28. The van der Waals surface area contributed by atoms with Gasteiger partial charge in [-0.15, -0.1) is 0 Å². The summed E-state index contributed by atoms with van der Waals surface area (Å²) >= 11 is 3.57. The van der Waals surface area contributed by atoms with Crippen molar-refractivity contribution in [2.24, 2.45) is 5.10 Å². The predicted octanol–water partition coefficient (Wildman–Crippen LogP) is 5.71. The number of rotatable bonds is 14. The molecule has 0 unspecified atom stereocenters. The van der Waals surface area contributed by atoms with E-state index in [4.69, 9.17) is 23.7 Å². The zero-order valence-electron chi connectivity index (χ0n) is 27.4. The Balaban J connectivity index is 1.20. The Hall–Kier alpha value is -5.27. The number of hydrogen-bond acceptors (Lipinski definition) is 10. The zero-order valence-corrected chi connectivity index (χ0v) is 29.0. The third kappa shape index (κ3) is 8.61. The fraction of sp³-hybridized carbons (Fsp3) is 0.250. The van der Waals surface area contributed by atoms with E-state index in [2.05, 4.69) is 61.4 Å². The second-order valence-corrected chi connectivity index (χ2v) is 11.8. The molecule has 1 aliphatic rings. The summed E-state index contributed by atoms with van der Waals surface area (Å²) in [7, 11) is 2.84. The van der Waals surface area contributed by atoms with Crippen LogP contribution in [0.25, 0.3) is 10.8 Å². The van der Waals surface area contributed by atoms with E-state index in [0.717, 1.165) is 10.9 Å². The maximum atomic E-state index is 12.5. The molecule has 5 rings (SSSR count). The van der Waals surface area contributed by atoms with Gasteiger partial charge in [-0.2, -0.15) is 5.10 Å². The Labute approximate surface area is 292 Å². The largest absolute Gasteiger partial charge is 0.493 e. The Morgan fingerprint density at radius 2 is 1.76 bits per heavy atom. The van der Waals surface area contributed by atoms with Crippen LogP contribution in [0.3, 0.4) is 0 Å². The summed E-state index contributed by atoms with van der Waals surface area (Å²) < 4.78 is 28.9. The van der Waals surface area contributed by atoms with E-state index in [1.54, 1.807) is 44.4 Å². The van der Waals surface area contributed by atoms with E-state index in [1.165, 1.54) is 18.7 Å². The third-order valence-electron chi connectivity index (χ3n) is 7.59. The molecule has 0 spiro atoms. The number of aliphatic hydroxyl groups excluding tert-OH is 1. The minimum absolute atomic E-state index is 0.167. The molecule has 0 fully saturated rings. The summed E-state index contributed by atoms with van der Waals surface area (Å²) in [5, 5.41) is 22.4. The molecule has 4 aromatic rings. The molecule has 2 amide bonds. The summed E-state index contributed by atoms with van der Waals surface area (Å²) in [5.74, 6) is 1.23. The molecular weight excluding hydrogens is 696 g/mol. The minimum Gasteiger partial charge on any atom is -0.493 e. The van der Waals surface area contributed by atoms with Crippen LogP contribution in [-0.4, -0.2) is 57.0 Å². The number of methoxy groups -OCH3 is 2. The first kappa shape index (κ1) is 35.0. The van der Waals surface area contributed by atoms with E-state index in [1.807, 2.05) is 25.1 Å². The van der Waals surface area contributed by atoms with Gasteiger partial charge in [-0.05, 0) is 82.0 Å². The van der Waals surface area contributed by atoms with Crippen LogP contribution in [0.4, 0.5) is 4.79 Å². The average molecular weight is 734 g/mol. The maximum absolute atomic E-state index is 12.5. The van der Waals surface area contributed by atoms with E-state index in [0.29, 0.717) is 57.5 Å². The van der Waals surface area contributed by atoms with E-state index < -0.39 is 24.3 Å². The lowest BCUT2D eigenvalue weighted by Crippen LogP contribution is -2.45. The molecule has 1 aliphatic heterocycles. The van der Waals surface area contributed by atoms with Gasteiger partial charge < -0.3 is 39.4 Å². The van der Waals surface area contributed by atoms with Crippen molar-refractivity contribution in [2.45, 2.75) is 32.7 Å². The summed E-state index contributed by atoms with van der Waals surface area (Å²) in [6.45, 7) is 3.97. The van der Waals surface area contributed by atoms with Crippen molar-refractivity contribution < 1.29 is 38.4 Å². The number of hydrogen-bond donors (Lipinski definition) is 4. The standard InChI is InChI=1S/C36H37BrN4O8/c1-5-47-30-15-25(34-33(35(43)46-4)21(2)39-36(44)40-34)12-13-28(30)49-20-32(42)41-38-18-26-16-29(45-3)31(17-27(26)37)48-19-22-10-11-23-8-6-7-9-24(23)14-22/h6-18,32,34,41-42H,5,19-20H2,1-4H3,(H2,39,40,44)/b38-18-/t32-,34+/m0/s1. The first-order chi connectivity index (χ1) is 23.7. The number of urea groups is 1. The lowest BCUT2D eigenvalue weighted by Gasteiger charge is -2.28. The highest BCUT2D eigenvalue weighted by atomic mass is 79.9. The quantitative estimate of drug-likeness (QED) is 0.0554. The number of hydrazone groups is 1. The Kier molecular flexibility index (Phi) is 11.6. The van der Waals surface area contributed by atoms with E-state index in [9.17, 15) is 14.7 Å². The van der Waals surface area contributed by atoms with Crippen molar-refractivity contribution >= 4 is 44.9 Å². The van der Waals surface area contributed by atoms with Gasteiger partial charge in [0.2, 0.25) is 0 Å². The van der Waals surface area contributed by atoms with Crippen LogP contribution in [0.2, 0.25) is 0 Å². The molecule has 13 heteroatoms. The van der Waals surface area contributed by atoms with E-state index in [-0.39, 0.29) is 12.2 Å². The Bertz CT molecular complexity index is 1900. The van der Waals surface area contributed by atoms with Crippen molar-refractivity contribution in [3.8, 4) is 23.0 Å². The van der Waals surface area contributed by atoms with Crippen LogP contribution in [0.1, 0.15) is 36.6 Å². The van der Waals surface area contributed by atoms with Gasteiger partial charge in [0.15, 0.2) is 29.2 Å². The fourth-order valence-corrected chi connectivity index (χ4v) is 5.65. The first-order valence-electron chi connectivity index (χ1n) is 15.4. The van der Waals surface area contributed by atoms with Gasteiger partial charge in [-0.3, -0.25) is 5.43 Å². The van der Waals surface area contributed by atoms with Crippen LogP contribution in [0.15, 0.2) is 93.6 Å². The van der Waals surface area contributed by atoms with Gasteiger partial charge >= 0.3 is 12.0 Å². The number of nitrogens with one attached hydrogen (secondary N) is 3. The van der Waals surface area contributed by atoms with Crippen LogP contribution in [-0.2, 0) is 16.1 Å². The molecule has 4 N–H and O–H groups in total. The molecule has 2 atom stereocenters. The fourth-order valence-electron chi connectivity index (χ4n) is 5.23. The number of nitrogens with zero attached hydrogens (tertiary/aromatic N) is 1. The second-order valence-electron chi connectivity index (χ2n) is 10.9. The smallest absolute Gasteiger partial charge is 0.337 e. The highest BCUT2D eigenvalue weighted by molar-refractivity contribution is 9.10. The molecule has 1 heterocycles. The minimum atomic E-state index is -1.17. The van der Waals surface area contributed by atoms with Crippen LogP contribution in [0.5, 0.6) is 23.0 Å². The molecule has 0 saturated heterocycles. The monoisotopic (exact) mass is 732 g/mol. The first-order valence-corrected chi connectivity index (χ1v) is 16.2. The summed E-state index contributed by atoms with van der Waals surface area (Å²) in [4.78, 5) is 24.7. The molecule has 0 aliphatic carbocycles. The number of aliphatic hydroxyl groups is 1. The Morgan fingerprint density at radius 3 is 2.51 bits per heavy atom. The molecule has 0 saturated carbocycles. The van der Waals surface area contributed by atoms with Crippen molar-refractivity contribution in [3.63, 3.8) is 0 Å². The zero-order chi connectivity index (χ0) is 34.9. The SMILES string of the molecule is CCOc1cc([C@H]2NC(=O)NC(C)=C2C(=O)OC)ccc1OC[C@H](O)N/N=C\c1cc(OC)c(OCc2ccc3ccccc3c2)cc1Br. The van der Waals surface area contributed by atoms with Gasteiger partial charge in [0.05, 0.1) is 38.7 Å². The number of ether oxygens (including phenoxy) is 5. The molecule has 0 radical (unpaired) electrons. The maximum Gasteiger partial charge on any atom is 0.337 e. The number of halogens is 1. The van der Waals surface area contributed by atoms with Gasteiger partial charge in [-0.25, -0.2) is 9.59 Å². The summed E-state index contributed by atoms with van der Waals surface area (Å²) in [6, 6.07) is 21.7. The second kappa shape index (κ2) is 16.2. The molecule has 12 nitrogen and oxygen atoms in total. The molecular formula is C36H37BrN4O8. The van der Waals surface area contributed by atoms with Crippen molar-refractivity contribution in [1.82, 2.24) is 16.1 Å². The number of amides is 2. The highest BCUT2D eigenvalue weighted by Crippen LogP contribution is 2.36. The molecule has 256 valence electrons. The molecule has 49 heavy (non-hydrogen) atoms. The van der Waals surface area contributed by atoms with Crippen LogP contribution in [0, 0.1) is 0 Å². The lowest BCUT2D eigenvalue weighted by molar-refractivity contribution is -0.136.